The Morgan fingerprint density at radius 2 is 1.14 bits per heavy atom. The zero-order valence-electron chi connectivity index (χ0n) is 11.4. The first-order chi connectivity index (χ1) is 7.95. The summed E-state index contributed by atoms with van der Waals surface area (Å²) in [6.07, 6.45) is 0. The quantitative estimate of drug-likeness (QED) is 0.172. The van der Waals surface area contributed by atoms with Gasteiger partial charge < -0.3 is 48.3 Å². The van der Waals surface area contributed by atoms with Crippen LogP contribution in [-0.2, 0) is 43.0 Å². The maximum Gasteiger partial charge on any atom is 4.00 e. The van der Waals surface area contributed by atoms with Gasteiger partial charge in [-0.2, -0.15) is 0 Å². The Morgan fingerprint density at radius 1 is 0.810 bits per heavy atom. The van der Waals surface area contributed by atoms with Crippen molar-refractivity contribution in [3.63, 3.8) is 0 Å². The van der Waals surface area contributed by atoms with E-state index in [1.54, 1.807) is 0 Å². The molecular weight excluding hydrogens is 410 g/mol. The molecule has 0 aliphatic carbocycles. The molecular formula is C8H8N3Na2O6STc-. The number of rotatable bonds is 7. The number of carbonyl (C=O) groups excluding carboxylic acids is 1. The van der Waals surface area contributed by atoms with E-state index in [4.69, 9.17) is 0 Å². The predicted octanol–water partition coefficient (Wildman–Crippen LogP) is -11.6. The molecule has 0 atom stereocenters. The summed E-state index contributed by atoms with van der Waals surface area (Å²) in [6, 6.07) is 0. The van der Waals surface area contributed by atoms with Gasteiger partial charge in [0.1, 0.15) is 0 Å². The van der Waals surface area contributed by atoms with Crippen LogP contribution >= 0.6 is 0 Å². The van der Waals surface area contributed by atoms with E-state index < -0.39 is 43.3 Å². The molecule has 0 unspecified atom stereocenters. The first kappa shape index (κ1) is 33.4. The van der Waals surface area contributed by atoms with Gasteiger partial charge in [0.05, 0.1) is 25.6 Å². The molecule has 0 N–H and O–H groups in total. The molecule has 0 aromatic carbocycles. The number of carboxylic acid groups (broad SMARTS) is 1. The fraction of sp³-hybridized carbons (Fsp3) is 0.500. The standard InChI is InChI=1S/C8H13N3O5S.2Na.O.Tc/c12-5(2-10-7(14)4-17)9-1-6(13)11-3-8(15)16;;;;/h17H,1-4H2,(H,9,12)(H,10,14)(H,11,13)(H,15,16);;;;/q;2*+1;-2;+4/p-5. The average molecular weight is 418 g/mol. The molecule has 13 heteroatoms. The van der Waals surface area contributed by atoms with Gasteiger partial charge in [-0.3, -0.25) is 9.98 Å². The summed E-state index contributed by atoms with van der Waals surface area (Å²) in [5.41, 5.74) is 0. The second-order valence-corrected chi connectivity index (χ2v) is 2.93. The van der Waals surface area contributed by atoms with Crippen LogP contribution in [0.2, 0.25) is 0 Å². The number of carbonyl (C=O) groups is 1. The Kier molecular flexibility index (Phi) is 33.2. The van der Waals surface area contributed by atoms with Crippen molar-refractivity contribution >= 4 is 36.3 Å². The number of hydrogen-bond donors (Lipinski definition) is 0. The van der Waals surface area contributed by atoms with E-state index in [2.05, 4.69) is 27.6 Å². The van der Waals surface area contributed by atoms with Crippen molar-refractivity contribution in [2.45, 2.75) is 0 Å². The Morgan fingerprint density at radius 3 is 1.48 bits per heavy atom. The monoisotopic (exact) mass is 417 g/mol. The summed E-state index contributed by atoms with van der Waals surface area (Å²) in [7, 11) is 0. The summed E-state index contributed by atoms with van der Waals surface area (Å²) in [6.45, 7) is -1.84. The summed E-state index contributed by atoms with van der Waals surface area (Å²) in [5, 5.41) is 42.3. The molecule has 0 rings (SSSR count). The number of carboxylic acids is 1. The van der Waals surface area contributed by atoms with Crippen LogP contribution in [0.25, 0.3) is 0 Å². The Hall–Kier alpha value is 0.839. The molecule has 0 aliphatic rings. The first-order valence-corrected chi connectivity index (χ1v) is 4.92. The van der Waals surface area contributed by atoms with Crippen molar-refractivity contribution in [2.24, 2.45) is 15.0 Å². The van der Waals surface area contributed by atoms with E-state index in [1.165, 1.54) is 0 Å². The Balaban J connectivity index is -0.000000213. The Labute approximate surface area is 184 Å². The topological polar surface area (TPSA) is 175 Å². The van der Waals surface area contributed by atoms with Crippen molar-refractivity contribution in [1.29, 1.82) is 0 Å². The normalized spacial score (nSPS) is 11.2. The molecule has 0 aromatic heterocycles. The molecule has 21 heavy (non-hydrogen) atoms. The molecule has 0 spiro atoms. The molecule has 107 valence electrons. The average Bonchev–Trinajstić information content (AvgIpc) is 2.30. The van der Waals surface area contributed by atoms with E-state index in [0.29, 0.717) is 0 Å². The van der Waals surface area contributed by atoms with Crippen LogP contribution in [0.15, 0.2) is 15.0 Å². The third kappa shape index (κ3) is 23.2. The zero-order chi connectivity index (χ0) is 13.3. The molecule has 0 saturated heterocycles. The molecule has 0 amide bonds. The summed E-state index contributed by atoms with van der Waals surface area (Å²) < 4.78 is 0. The summed E-state index contributed by atoms with van der Waals surface area (Å²) >= 11 is 4.38. The molecule has 0 aromatic rings. The van der Waals surface area contributed by atoms with Crippen molar-refractivity contribution in [3.8, 4) is 0 Å². The maximum atomic E-state index is 10.9. The molecule has 0 heterocycles. The molecule has 9 nitrogen and oxygen atoms in total. The van der Waals surface area contributed by atoms with Gasteiger partial charge in [0, 0.05) is 0 Å². The van der Waals surface area contributed by atoms with E-state index in [0.717, 1.165) is 0 Å². The van der Waals surface area contributed by atoms with E-state index in [-0.39, 0.29) is 90.4 Å². The third-order valence-electron chi connectivity index (χ3n) is 1.29. The minimum absolute atomic E-state index is 0. The first-order valence-electron chi connectivity index (χ1n) is 4.34. The third-order valence-corrected chi connectivity index (χ3v) is 1.54. The van der Waals surface area contributed by atoms with Gasteiger partial charge >= 0.3 is 79.2 Å². The summed E-state index contributed by atoms with van der Waals surface area (Å²) in [4.78, 5) is 19.5. The minimum atomic E-state index is -1.50. The van der Waals surface area contributed by atoms with Crippen molar-refractivity contribution < 1.29 is 110 Å². The van der Waals surface area contributed by atoms with Crippen LogP contribution in [0.3, 0.4) is 0 Å². The van der Waals surface area contributed by atoms with E-state index in [9.17, 15) is 25.2 Å². The zero-order valence-corrected chi connectivity index (χ0v) is 18.1. The van der Waals surface area contributed by atoms with Gasteiger partial charge in [-0.25, -0.2) is 0 Å². The van der Waals surface area contributed by atoms with Crippen molar-refractivity contribution in [3.05, 3.63) is 0 Å². The van der Waals surface area contributed by atoms with Crippen molar-refractivity contribution in [1.82, 2.24) is 0 Å². The fourth-order valence-electron chi connectivity index (χ4n) is 0.610. The van der Waals surface area contributed by atoms with Crippen LogP contribution in [0.5, 0.6) is 0 Å². The van der Waals surface area contributed by atoms with Gasteiger partial charge in [0.15, 0.2) is 0 Å². The molecule has 0 bridgehead atoms. The van der Waals surface area contributed by atoms with Crippen LogP contribution in [-0.4, -0.2) is 49.0 Å². The van der Waals surface area contributed by atoms with Gasteiger partial charge in [0.2, 0.25) is 0 Å². The van der Waals surface area contributed by atoms with Crippen molar-refractivity contribution in [2.75, 3.05) is 25.4 Å². The second-order valence-electron chi connectivity index (χ2n) is 2.65. The SMILES string of the molecule is O=C([O-])CN=C([O-])CN=C([O-])CN=C([O-])C[S-].[Na+].[Na+].[O-2].[Tc+4]. The molecule has 0 fully saturated rings. The Bertz CT molecular complexity index is 370. The minimum Gasteiger partial charge on any atom is -2.00 e. The van der Waals surface area contributed by atoms with Crippen LogP contribution in [0.1, 0.15) is 0 Å². The van der Waals surface area contributed by atoms with Gasteiger partial charge in [-0.05, 0) is 11.8 Å². The predicted molar refractivity (Wildman–Crippen MR) is 54.8 cm³/mol. The number of hydrogen-bond acceptors (Lipinski definition) is 9. The number of aliphatic carboxylic acids is 1. The van der Waals surface area contributed by atoms with Crippen LogP contribution in [0.4, 0.5) is 0 Å². The molecule has 0 saturated carbocycles. The largest absolute Gasteiger partial charge is 4.00 e. The second kappa shape index (κ2) is 20.8. The van der Waals surface area contributed by atoms with Gasteiger partial charge in [0.25, 0.3) is 0 Å². The maximum absolute atomic E-state index is 10.9. The smallest absolute Gasteiger partial charge is 2.00 e. The van der Waals surface area contributed by atoms with Gasteiger partial charge in [-0.1, -0.05) is 5.90 Å². The summed E-state index contributed by atoms with van der Waals surface area (Å²) in [5.74, 6) is -3.99. The van der Waals surface area contributed by atoms with Gasteiger partial charge in [-0.15, -0.1) is 5.75 Å². The number of aliphatic imine (C=N–C) groups is 3. The van der Waals surface area contributed by atoms with E-state index >= 15 is 0 Å². The van der Waals surface area contributed by atoms with Crippen LogP contribution in [0, 0.1) is 0 Å². The molecule has 0 aliphatic heterocycles. The van der Waals surface area contributed by atoms with E-state index in [1.807, 2.05) is 0 Å². The molecule has 1 radical (unpaired) electrons. The van der Waals surface area contributed by atoms with Crippen LogP contribution < -0.4 is 79.5 Å². The number of nitrogens with zero attached hydrogens (tertiary/aromatic N) is 3. The fourth-order valence-corrected chi connectivity index (χ4v) is 0.701.